The summed E-state index contributed by atoms with van der Waals surface area (Å²) in [5.41, 5.74) is 11.0. The van der Waals surface area contributed by atoms with E-state index in [0.29, 0.717) is 5.95 Å². The Morgan fingerprint density at radius 1 is 1.22 bits per heavy atom. The number of anilines is 1. The SMILES string of the molecule is Cc1ccc2c(-c3nc(N)ncc3C)c[nH]c2c1. The number of aryl methyl sites for hydroxylation is 2. The van der Waals surface area contributed by atoms with Gasteiger partial charge in [0.15, 0.2) is 0 Å². The van der Waals surface area contributed by atoms with Crippen molar-refractivity contribution >= 4 is 16.9 Å². The molecule has 3 aromatic rings. The number of fused-ring (bicyclic) bond motifs is 1. The molecule has 0 unspecified atom stereocenters. The molecule has 0 fully saturated rings. The molecule has 90 valence electrons. The Bertz CT molecular complexity index is 728. The fourth-order valence-corrected chi connectivity index (χ4v) is 2.16. The molecule has 1 aromatic carbocycles. The van der Waals surface area contributed by atoms with Gasteiger partial charge in [-0.1, -0.05) is 12.1 Å². The second kappa shape index (κ2) is 3.84. The average Bonchev–Trinajstić information content (AvgIpc) is 2.75. The maximum Gasteiger partial charge on any atom is 0.220 e. The second-order valence-electron chi connectivity index (χ2n) is 4.51. The summed E-state index contributed by atoms with van der Waals surface area (Å²) in [4.78, 5) is 11.6. The Morgan fingerprint density at radius 2 is 2.06 bits per heavy atom. The minimum atomic E-state index is 0.303. The Labute approximate surface area is 105 Å². The molecule has 0 saturated heterocycles. The number of hydrogen-bond donors (Lipinski definition) is 2. The van der Waals surface area contributed by atoms with Gasteiger partial charge in [0.2, 0.25) is 5.95 Å². The van der Waals surface area contributed by atoms with Crippen molar-refractivity contribution in [1.82, 2.24) is 15.0 Å². The number of nitrogens with zero attached hydrogens (tertiary/aromatic N) is 2. The van der Waals surface area contributed by atoms with Crippen LogP contribution in [-0.4, -0.2) is 15.0 Å². The van der Waals surface area contributed by atoms with Gasteiger partial charge in [0.25, 0.3) is 0 Å². The molecule has 4 heteroatoms. The lowest BCUT2D eigenvalue weighted by Gasteiger charge is -2.04. The fraction of sp³-hybridized carbons (Fsp3) is 0.143. The van der Waals surface area contributed by atoms with Crippen molar-refractivity contribution in [2.75, 3.05) is 5.73 Å². The van der Waals surface area contributed by atoms with E-state index >= 15 is 0 Å². The number of benzene rings is 1. The van der Waals surface area contributed by atoms with Crippen molar-refractivity contribution in [2.45, 2.75) is 13.8 Å². The van der Waals surface area contributed by atoms with Crippen LogP contribution in [0.1, 0.15) is 11.1 Å². The van der Waals surface area contributed by atoms with Crippen LogP contribution in [0, 0.1) is 13.8 Å². The van der Waals surface area contributed by atoms with E-state index in [1.54, 1.807) is 6.20 Å². The third kappa shape index (κ3) is 1.62. The molecule has 3 N–H and O–H groups in total. The Morgan fingerprint density at radius 3 is 2.89 bits per heavy atom. The first-order chi connectivity index (χ1) is 8.65. The highest BCUT2D eigenvalue weighted by Gasteiger charge is 2.10. The van der Waals surface area contributed by atoms with Crippen LogP contribution in [0.4, 0.5) is 5.95 Å². The standard InChI is InChI=1S/C14H14N4/c1-8-3-4-10-11(7-16-12(10)5-8)13-9(2)6-17-14(15)18-13/h3-7,16H,1-2H3,(H2,15,17,18). The lowest BCUT2D eigenvalue weighted by atomic mass is 10.1. The van der Waals surface area contributed by atoms with E-state index in [4.69, 9.17) is 5.73 Å². The van der Waals surface area contributed by atoms with E-state index in [1.165, 1.54) is 5.56 Å². The van der Waals surface area contributed by atoms with Crippen LogP contribution < -0.4 is 5.73 Å². The second-order valence-corrected chi connectivity index (χ2v) is 4.51. The monoisotopic (exact) mass is 238 g/mol. The minimum Gasteiger partial charge on any atom is -0.368 e. The zero-order chi connectivity index (χ0) is 12.7. The first-order valence-corrected chi connectivity index (χ1v) is 5.82. The van der Waals surface area contributed by atoms with E-state index in [-0.39, 0.29) is 0 Å². The smallest absolute Gasteiger partial charge is 0.220 e. The first-order valence-electron chi connectivity index (χ1n) is 5.82. The lowest BCUT2D eigenvalue weighted by Crippen LogP contribution is -1.97. The molecule has 3 rings (SSSR count). The van der Waals surface area contributed by atoms with Crippen LogP contribution in [0.5, 0.6) is 0 Å². The zero-order valence-corrected chi connectivity index (χ0v) is 10.4. The average molecular weight is 238 g/mol. The summed E-state index contributed by atoms with van der Waals surface area (Å²) in [6.07, 6.45) is 3.73. The third-order valence-corrected chi connectivity index (χ3v) is 3.08. The van der Waals surface area contributed by atoms with Crippen molar-refractivity contribution in [1.29, 1.82) is 0 Å². The summed E-state index contributed by atoms with van der Waals surface area (Å²) < 4.78 is 0. The maximum atomic E-state index is 5.67. The van der Waals surface area contributed by atoms with Crippen molar-refractivity contribution in [3.63, 3.8) is 0 Å². The largest absolute Gasteiger partial charge is 0.368 e. The normalized spacial score (nSPS) is 11.0. The molecule has 0 aliphatic rings. The van der Waals surface area contributed by atoms with Crippen molar-refractivity contribution < 1.29 is 0 Å². The van der Waals surface area contributed by atoms with Crippen molar-refractivity contribution in [2.24, 2.45) is 0 Å². The number of hydrogen-bond acceptors (Lipinski definition) is 3. The van der Waals surface area contributed by atoms with Gasteiger partial charge in [-0.15, -0.1) is 0 Å². The summed E-state index contributed by atoms with van der Waals surface area (Å²) in [6.45, 7) is 4.07. The van der Waals surface area contributed by atoms with E-state index in [2.05, 4.69) is 40.1 Å². The molecule has 0 bridgehead atoms. The molecule has 2 heterocycles. The van der Waals surface area contributed by atoms with Crippen LogP contribution in [0.3, 0.4) is 0 Å². The fourth-order valence-electron chi connectivity index (χ4n) is 2.16. The topological polar surface area (TPSA) is 67.6 Å². The molecular formula is C14H14N4. The van der Waals surface area contributed by atoms with Crippen LogP contribution in [0.15, 0.2) is 30.6 Å². The predicted octanol–water partition coefficient (Wildman–Crippen LogP) is 2.82. The number of rotatable bonds is 1. The number of nitrogens with one attached hydrogen (secondary N) is 1. The molecule has 0 amide bonds. The van der Waals surface area contributed by atoms with Gasteiger partial charge in [0.1, 0.15) is 0 Å². The predicted molar refractivity (Wildman–Crippen MR) is 73.2 cm³/mol. The lowest BCUT2D eigenvalue weighted by molar-refractivity contribution is 1.15. The number of nitrogen functional groups attached to an aromatic ring is 1. The van der Waals surface area contributed by atoms with E-state index < -0.39 is 0 Å². The van der Waals surface area contributed by atoms with Crippen LogP contribution in [0.2, 0.25) is 0 Å². The van der Waals surface area contributed by atoms with Crippen molar-refractivity contribution in [3.8, 4) is 11.3 Å². The van der Waals surface area contributed by atoms with Crippen LogP contribution in [-0.2, 0) is 0 Å². The molecule has 4 nitrogen and oxygen atoms in total. The number of H-pyrrole nitrogens is 1. The van der Waals surface area contributed by atoms with E-state index in [1.807, 2.05) is 13.1 Å². The van der Waals surface area contributed by atoms with Crippen LogP contribution >= 0.6 is 0 Å². The van der Waals surface area contributed by atoms with Gasteiger partial charge in [0.05, 0.1) is 5.69 Å². The number of aromatic nitrogens is 3. The third-order valence-electron chi connectivity index (χ3n) is 3.08. The molecule has 0 saturated carbocycles. The summed E-state index contributed by atoms with van der Waals surface area (Å²) >= 11 is 0. The van der Waals surface area contributed by atoms with Gasteiger partial charge in [0, 0.05) is 28.9 Å². The van der Waals surface area contributed by atoms with E-state index in [0.717, 1.165) is 27.7 Å². The van der Waals surface area contributed by atoms with Gasteiger partial charge in [-0.05, 0) is 31.0 Å². The molecule has 18 heavy (non-hydrogen) atoms. The number of aromatic amines is 1. The highest BCUT2D eigenvalue weighted by Crippen LogP contribution is 2.29. The Balaban J connectivity index is 2.28. The first kappa shape index (κ1) is 10.8. The van der Waals surface area contributed by atoms with E-state index in [9.17, 15) is 0 Å². The summed E-state index contributed by atoms with van der Waals surface area (Å²) in [5.74, 6) is 0.303. The van der Waals surface area contributed by atoms with Gasteiger partial charge in [-0.25, -0.2) is 9.97 Å². The quantitative estimate of drug-likeness (QED) is 0.685. The van der Waals surface area contributed by atoms with Gasteiger partial charge in [-0.3, -0.25) is 0 Å². The van der Waals surface area contributed by atoms with Gasteiger partial charge >= 0.3 is 0 Å². The van der Waals surface area contributed by atoms with Crippen LogP contribution in [0.25, 0.3) is 22.2 Å². The van der Waals surface area contributed by atoms with Crippen molar-refractivity contribution in [3.05, 3.63) is 41.7 Å². The Hall–Kier alpha value is -2.36. The summed E-state index contributed by atoms with van der Waals surface area (Å²) in [6, 6.07) is 6.33. The van der Waals surface area contributed by atoms with Gasteiger partial charge in [-0.2, -0.15) is 0 Å². The summed E-state index contributed by atoms with van der Waals surface area (Å²) in [7, 11) is 0. The highest BCUT2D eigenvalue weighted by molar-refractivity contribution is 5.95. The molecule has 0 radical (unpaired) electrons. The zero-order valence-electron chi connectivity index (χ0n) is 10.4. The minimum absolute atomic E-state index is 0.303. The Kier molecular flexibility index (Phi) is 2.30. The highest BCUT2D eigenvalue weighted by atomic mass is 15.0. The summed E-state index contributed by atoms with van der Waals surface area (Å²) in [5, 5.41) is 1.15. The number of nitrogens with two attached hydrogens (primary N) is 1. The molecule has 0 aliphatic carbocycles. The molecular weight excluding hydrogens is 224 g/mol. The molecule has 0 aliphatic heterocycles. The molecule has 2 aromatic heterocycles. The van der Waals surface area contributed by atoms with Gasteiger partial charge < -0.3 is 10.7 Å². The molecule has 0 spiro atoms. The maximum absolute atomic E-state index is 5.67. The molecule has 0 atom stereocenters.